The number of pyridine rings is 1. The zero-order chi connectivity index (χ0) is 24.4. The normalized spacial score (nSPS) is 20.2. The van der Waals surface area contributed by atoms with Crippen molar-refractivity contribution in [3.63, 3.8) is 0 Å². The van der Waals surface area contributed by atoms with E-state index < -0.39 is 5.82 Å². The molecule has 2 fully saturated rings. The smallest absolute Gasteiger partial charge is 0.227 e. The lowest BCUT2D eigenvalue weighted by Crippen LogP contribution is -2.59. The second kappa shape index (κ2) is 9.73. The number of nitriles is 1. The van der Waals surface area contributed by atoms with Crippen LogP contribution in [0.25, 0.3) is 5.82 Å². The van der Waals surface area contributed by atoms with Crippen LogP contribution in [0.2, 0.25) is 0 Å². The van der Waals surface area contributed by atoms with E-state index in [1.807, 2.05) is 17.0 Å². The fourth-order valence-corrected chi connectivity index (χ4v) is 4.48. The minimum Gasteiger partial charge on any atom is -0.495 e. The molecule has 0 aliphatic carbocycles. The van der Waals surface area contributed by atoms with Gasteiger partial charge in [-0.2, -0.15) is 9.94 Å². The van der Waals surface area contributed by atoms with Crippen LogP contribution in [0.4, 0.5) is 4.39 Å². The number of piperazine rings is 1. The first kappa shape index (κ1) is 22.8. The van der Waals surface area contributed by atoms with Crippen LogP contribution in [0.1, 0.15) is 22.8 Å². The van der Waals surface area contributed by atoms with E-state index in [9.17, 15) is 9.18 Å². The van der Waals surface area contributed by atoms with Crippen molar-refractivity contribution in [2.75, 3.05) is 39.9 Å². The standard InChI is InChI=1S/C23H23FN8O3/c1-34-20-8-16(7-19(24)18(20)9-25)21-12-30-4-5-31(11-17(30)13-35-21)23(33)6-15-2-3-22(26-10-15)32-14-27-28-29-32/h2-3,7-8,10,14,17,21H,4-6,11-13H2,1H3. The number of carbonyl (C=O) groups excluding carboxylic acids is 1. The lowest BCUT2D eigenvalue weighted by molar-refractivity contribution is -0.139. The minimum atomic E-state index is -0.622. The average molecular weight is 478 g/mol. The Morgan fingerprint density at radius 2 is 2.20 bits per heavy atom. The number of carbonyl (C=O) groups is 1. The summed E-state index contributed by atoms with van der Waals surface area (Å²) in [6.07, 6.45) is 3.03. The molecule has 2 atom stereocenters. The molecule has 0 radical (unpaired) electrons. The Balaban J connectivity index is 1.19. The molecule has 4 heterocycles. The van der Waals surface area contributed by atoms with Crippen LogP contribution in [0.3, 0.4) is 0 Å². The summed E-state index contributed by atoms with van der Waals surface area (Å²) in [5.41, 5.74) is 1.33. The fraction of sp³-hybridized carbons (Fsp3) is 0.391. The summed E-state index contributed by atoms with van der Waals surface area (Å²) in [6.45, 7) is 2.85. The average Bonchev–Trinajstić information content (AvgIpc) is 3.43. The zero-order valence-corrected chi connectivity index (χ0v) is 19.0. The summed E-state index contributed by atoms with van der Waals surface area (Å²) in [6, 6.07) is 8.51. The monoisotopic (exact) mass is 478 g/mol. The molecule has 0 bridgehead atoms. The van der Waals surface area contributed by atoms with Gasteiger partial charge in [0.15, 0.2) is 5.82 Å². The number of morpholine rings is 1. The molecule has 180 valence electrons. The van der Waals surface area contributed by atoms with Gasteiger partial charge >= 0.3 is 0 Å². The van der Waals surface area contributed by atoms with E-state index in [1.165, 1.54) is 24.2 Å². The van der Waals surface area contributed by atoms with Crippen LogP contribution in [-0.2, 0) is 16.0 Å². The topological polar surface area (TPSA) is 122 Å². The highest BCUT2D eigenvalue weighted by atomic mass is 19.1. The maximum absolute atomic E-state index is 14.4. The van der Waals surface area contributed by atoms with E-state index in [2.05, 4.69) is 25.4 Å². The molecule has 2 aliphatic rings. The summed E-state index contributed by atoms with van der Waals surface area (Å²) in [7, 11) is 1.41. The summed E-state index contributed by atoms with van der Waals surface area (Å²) >= 11 is 0. The zero-order valence-electron chi connectivity index (χ0n) is 19.0. The van der Waals surface area contributed by atoms with Gasteiger partial charge in [0, 0.05) is 32.4 Å². The Morgan fingerprint density at radius 1 is 1.31 bits per heavy atom. The molecule has 11 nitrogen and oxygen atoms in total. The minimum absolute atomic E-state index is 0.0302. The van der Waals surface area contributed by atoms with Gasteiger partial charge in [0.2, 0.25) is 5.91 Å². The molecule has 35 heavy (non-hydrogen) atoms. The van der Waals surface area contributed by atoms with E-state index in [0.29, 0.717) is 44.2 Å². The van der Waals surface area contributed by atoms with Gasteiger partial charge in [-0.1, -0.05) is 6.07 Å². The summed E-state index contributed by atoms with van der Waals surface area (Å²) in [5.74, 6) is 0.184. The molecule has 5 rings (SSSR count). The maximum atomic E-state index is 14.4. The predicted molar refractivity (Wildman–Crippen MR) is 119 cm³/mol. The predicted octanol–water partition coefficient (Wildman–Crippen LogP) is 0.903. The van der Waals surface area contributed by atoms with E-state index in [1.54, 1.807) is 18.3 Å². The van der Waals surface area contributed by atoms with Gasteiger partial charge in [-0.25, -0.2) is 9.37 Å². The van der Waals surface area contributed by atoms with Gasteiger partial charge < -0.3 is 14.4 Å². The van der Waals surface area contributed by atoms with Crippen LogP contribution < -0.4 is 4.74 Å². The number of ether oxygens (including phenoxy) is 2. The van der Waals surface area contributed by atoms with E-state index in [4.69, 9.17) is 14.7 Å². The molecular weight excluding hydrogens is 455 g/mol. The van der Waals surface area contributed by atoms with E-state index in [-0.39, 0.29) is 35.8 Å². The van der Waals surface area contributed by atoms with Crippen molar-refractivity contribution in [2.45, 2.75) is 18.6 Å². The first-order valence-corrected chi connectivity index (χ1v) is 11.1. The van der Waals surface area contributed by atoms with Crippen molar-refractivity contribution < 1.29 is 18.7 Å². The summed E-state index contributed by atoms with van der Waals surface area (Å²) in [4.78, 5) is 21.4. The number of hydrogen-bond donors (Lipinski definition) is 0. The first-order valence-electron chi connectivity index (χ1n) is 11.1. The quantitative estimate of drug-likeness (QED) is 0.526. The third-order valence-electron chi connectivity index (χ3n) is 6.38. The molecular formula is C23H23FN8O3. The van der Waals surface area contributed by atoms with E-state index in [0.717, 1.165) is 5.56 Å². The summed E-state index contributed by atoms with van der Waals surface area (Å²) in [5, 5.41) is 20.1. The Bertz CT molecular complexity index is 1240. The highest BCUT2D eigenvalue weighted by Gasteiger charge is 2.36. The number of nitrogens with zero attached hydrogens (tertiary/aromatic N) is 8. The number of aromatic nitrogens is 5. The Morgan fingerprint density at radius 3 is 2.91 bits per heavy atom. The molecule has 1 aromatic carbocycles. The largest absolute Gasteiger partial charge is 0.495 e. The molecule has 3 aromatic rings. The molecule has 2 saturated heterocycles. The van der Waals surface area contributed by atoms with Crippen LogP contribution in [0.15, 0.2) is 36.8 Å². The van der Waals surface area contributed by atoms with Crippen molar-refractivity contribution in [3.8, 4) is 17.6 Å². The van der Waals surface area contributed by atoms with Gasteiger partial charge in [0.25, 0.3) is 0 Å². The number of tetrazole rings is 1. The van der Waals surface area contributed by atoms with Crippen molar-refractivity contribution in [2.24, 2.45) is 0 Å². The van der Waals surface area contributed by atoms with Crippen LogP contribution in [-0.4, -0.2) is 86.8 Å². The van der Waals surface area contributed by atoms with Crippen molar-refractivity contribution in [3.05, 3.63) is 59.3 Å². The number of fused-ring (bicyclic) bond motifs is 1. The molecule has 2 aliphatic heterocycles. The van der Waals surface area contributed by atoms with Crippen LogP contribution in [0, 0.1) is 17.1 Å². The SMILES string of the molecule is COc1cc(C2CN3CCN(C(=O)Cc4ccc(-n5cnnn5)nc4)CC3CO2)cc(F)c1C#N. The Labute approximate surface area is 200 Å². The number of methoxy groups -OCH3 is 1. The summed E-state index contributed by atoms with van der Waals surface area (Å²) < 4.78 is 27.0. The lowest BCUT2D eigenvalue weighted by Gasteiger charge is -2.46. The van der Waals surface area contributed by atoms with Gasteiger partial charge in [-0.3, -0.25) is 9.69 Å². The van der Waals surface area contributed by atoms with Crippen molar-refractivity contribution in [1.29, 1.82) is 5.26 Å². The van der Waals surface area contributed by atoms with Crippen molar-refractivity contribution in [1.82, 2.24) is 35.0 Å². The highest BCUT2D eigenvalue weighted by Crippen LogP contribution is 2.32. The van der Waals surface area contributed by atoms with Crippen LogP contribution >= 0.6 is 0 Å². The number of rotatable bonds is 5. The number of benzene rings is 1. The van der Waals surface area contributed by atoms with Crippen molar-refractivity contribution >= 4 is 5.91 Å². The number of hydrogen-bond acceptors (Lipinski definition) is 9. The molecule has 2 unspecified atom stereocenters. The third-order valence-corrected chi connectivity index (χ3v) is 6.38. The third kappa shape index (κ3) is 4.68. The first-order chi connectivity index (χ1) is 17.1. The van der Waals surface area contributed by atoms with Crippen LogP contribution in [0.5, 0.6) is 5.75 Å². The number of halogens is 1. The Kier molecular flexibility index (Phi) is 6.35. The number of amides is 1. The Hall–Kier alpha value is -3.95. The lowest BCUT2D eigenvalue weighted by atomic mass is 10.0. The second-order valence-electron chi connectivity index (χ2n) is 8.46. The van der Waals surface area contributed by atoms with Gasteiger partial charge in [-0.05, 0) is 39.8 Å². The molecule has 1 amide bonds. The molecule has 12 heteroatoms. The van der Waals surface area contributed by atoms with Gasteiger partial charge in [-0.15, -0.1) is 5.10 Å². The second-order valence-corrected chi connectivity index (χ2v) is 8.46. The molecule has 0 saturated carbocycles. The molecule has 0 spiro atoms. The fourth-order valence-electron chi connectivity index (χ4n) is 4.48. The van der Waals surface area contributed by atoms with E-state index >= 15 is 0 Å². The van der Waals surface area contributed by atoms with Gasteiger partial charge in [0.05, 0.1) is 32.3 Å². The molecule has 2 aromatic heterocycles. The van der Waals surface area contributed by atoms with Gasteiger partial charge in [0.1, 0.15) is 29.5 Å². The highest BCUT2D eigenvalue weighted by molar-refractivity contribution is 5.79. The maximum Gasteiger partial charge on any atom is 0.227 e. The molecule has 0 N–H and O–H groups in total.